The molecule has 0 unspecified atom stereocenters. The number of hydrogen-bond donors (Lipinski definition) is 8. The smallest absolute Gasteiger partial charge is 0.305 e. The predicted octanol–water partition coefficient (Wildman–Crippen LogP) is -0.263. The Morgan fingerprint density at radius 1 is 0.717 bits per heavy atom. The van der Waals surface area contributed by atoms with Gasteiger partial charge in [0.1, 0.15) is 24.2 Å². The summed E-state index contributed by atoms with van der Waals surface area (Å²) in [6.45, 7) is 1.29. The molecule has 0 radical (unpaired) electrons. The highest BCUT2D eigenvalue weighted by Crippen LogP contribution is 2.19. The summed E-state index contributed by atoms with van der Waals surface area (Å²) in [5.41, 5.74) is 7.58. The Morgan fingerprint density at radius 2 is 1.35 bits per heavy atom. The quantitative estimate of drug-likeness (QED) is 0.0970. The lowest BCUT2D eigenvalue weighted by Gasteiger charge is -2.24. The van der Waals surface area contributed by atoms with E-state index in [9.17, 15) is 38.7 Å². The number of amides is 5. The minimum atomic E-state index is -1.63. The molecule has 4 atom stereocenters. The Balaban J connectivity index is 1.71. The van der Waals surface area contributed by atoms with Crippen molar-refractivity contribution in [3.8, 4) is 0 Å². The van der Waals surface area contributed by atoms with Crippen LogP contribution in [-0.4, -0.2) is 80.8 Å². The van der Waals surface area contributed by atoms with Crippen LogP contribution in [0.15, 0.2) is 60.8 Å². The fourth-order valence-corrected chi connectivity index (χ4v) is 4.62. The first-order chi connectivity index (χ1) is 21.8. The maximum absolute atomic E-state index is 13.3. The number of aromatic amines is 1. The second-order valence-corrected chi connectivity index (χ2v) is 10.6. The van der Waals surface area contributed by atoms with Gasteiger partial charge < -0.3 is 42.2 Å². The molecule has 1 heterocycles. The lowest BCUT2D eigenvalue weighted by Crippen LogP contribution is -2.58. The number of carboxylic acids is 2. The molecule has 15 nitrogen and oxygen atoms in total. The van der Waals surface area contributed by atoms with Gasteiger partial charge in [0.05, 0.1) is 12.8 Å². The van der Waals surface area contributed by atoms with Gasteiger partial charge in [-0.15, -0.1) is 0 Å². The molecule has 1 aromatic heterocycles. The normalized spacial score (nSPS) is 13.4. The lowest BCUT2D eigenvalue weighted by atomic mass is 10.0. The summed E-state index contributed by atoms with van der Waals surface area (Å²) in [5, 5.41) is 28.7. The van der Waals surface area contributed by atoms with Crippen LogP contribution in [0.3, 0.4) is 0 Å². The van der Waals surface area contributed by atoms with Crippen molar-refractivity contribution in [1.82, 2.24) is 26.3 Å². The summed E-state index contributed by atoms with van der Waals surface area (Å²) < 4.78 is 0. The van der Waals surface area contributed by atoms with E-state index in [1.807, 2.05) is 18.2 Å². The van der Waals surface area contributed by atoms with E-state index >= 15 is 0 Å². The number of aromatic nitrogens is 1. The van der Waals surface area contributed by atoms with Gasteiger partial charge >= 0.3 is 11.9 Å². The van der Waals surface area contributed by atoms with Gasteiger partial charge in [-0.05, 0) is 24.1 Å². The number of primary amides is 1. The van der Waals surface area contributed by atoms with Crippen molar-refractivity contribution in [2.45, 2.75) is 63.2 Å². The standard InChI is InChI=1S/C31H36N6O9/c1-17(29(44)37-24(15-27(41)42)31(46)36-22(28(32)43)13-18-7-3-2-4-8-18)34-30(45)23(35-25(38)11-12-26(39)40)14-19-16-33-21-10-6-5-9-20(19)21/h2-10,16-17,22-24,33H,11-15H2,1H3,(H2,32,43)(H,34,45)(H,35,38)(H,36,46)(H,37,44)(H,39,40)(H,41,42)/t17-,22-,23-,24-/m0/s1. The average Bonchev–Trinajstić information content (AvgIpc) is 3.41. The number of H-pyrrole nitrogens is 1. The van der Waals surface area contributed by atoms with Crippen molar-refractivity contribution in [1.29, 1.82) is 0 Å². The number of para-hydroxylation sites is 1. The van der Waals surface area contributed by atoms with Crippen LogP contribution in [0.5, 0.6) is 0 Å². The molecule has 15 heteroatoms. The van der Waals surface area contributed by atoms with E-state index in [-0.39, 0.29) is 19.3 Å². The van der Waals surface area contributed by atoms with Crippen LogP contribution >= 0.6 is 0 Å². The van der Waals surface area contributed by atoms with Crippen molar-refractivity contribution < 1.29 is 43.8 Å². The molecule has 46 heavy (non-hydrogen) atoms. The molecule has 0 aliphatic rings. The van der Waals surface area contributed by atoms with Crippen LogP contribution in [0.1, 0.15) is 37.3 Å². The number of hydrogen-bond acceptors (Lipinski definition) is 7. The fourth-order valence-electron chi connectivity index (χ4n) is 4.62. The van der Waals surface area contributed by atoms with Crippen molar-refractivity contribution in [2.24, 2.45) is 5.73 Å². The summed E-state index contributed by atoms with van der Waals surface area (Å²) >= 11 is 0. The van der Waals surface area contributed by atoms with Gasteiger partial charge in [0, 0.05) is 36.4 Å². The molecule has 0 saturated heterocycles. The molecule has 0 aliphatic heterocycles. The number of aliphatic carboxylic acids is 2. The van der Waals surface area contributed by atoms with Gasteiger partial charge in [0.15, 0.2) is 0 Å². The van der Waals surface area contributed by atoms with Crippen molar-refractivity contribution in [2.75, 3.05) is 0 Å². The first-order valence-electron chi connectivity index (χ1n) is 14.4. The Labute approximate surface area is 263 Å². The van der Waals surface area contributed by atoms with Gasteiger partial charge in [0.25, 0.3) is 0 Å². The van der Waals surface area contributed by atoms with E-state index in [0.717, 1.165) is 10.9 Å². The van der Waals surface area contributed by atoms with E-state index < -0.39 is 78.5 Å². The van der Waals surface area contributed by atoms with Gasteiger partial charge in [-0.25, -0.2) is 0 Å². The average molecular weight is 637 g/mol. The molecular weight excluding hydrogens is 600 g/mol. The molecular formula is C31H36N6O9. The minimum absolute atomic E-state index is 0.0110. The van der Waals surface area contributed by atoms with Crippen molar-refractivity contribution in [3.63, 3.8) is 0 Å². The molecule has 2 aromatic carbocycles. The molecule has 0 saturated carbocycles. The number of benzene rings is 2. The first kappa shape index (κ1) is 34.8. The zero-order valence-electron chi connectivity index (χ0n) is 24.9. The van der Waals surface area contributed by atoms with Gasteiger partial charge in [-0.2, -0.15) is 0 Å². The number of nitrogens with one attached hydrogen (secondary N) is 5. The topological polar surface area (TPSA) is 250 Å². The summed E-state index contributed by atoms with van der Waals surface area (Å²) in [4.78, 5) is 89.4. The number of carbonyl (C=O) groups is 7. The SMILES string of the molecule is C[C@H](NC(=O)[C@H](Cc1c[nH]c2ccccc12)NC(=O)CCC(=O)O)C(=O)N[C@@H](CC(=O)O)C(=O)N[C@@H](Cc1ccccc1)C(N)=O. The van der Waals surface area contributed by atoms with E-state index in [1.165, 1.54) is 6.92 Å². The maximum atomic E-state index is 13.3. The van der Waals surface area contributed by atoms with Gasteiger partial charge in [-0.3, -0.25) is 33.6 Å². The number of fused-ring (bicyclic) bond motifs is 1. The van der Waals surface area contributed by atoms with E-state index in [1.54, 1.807) is 42.6 Å². The minimum Gasteiger partial charge on any atom is -0.481 e. The van der Waals surface area contributed by atoms with Crippen molar-refractivity contribution >= 4 is 52.4 Å². The highest BCUT2D eigenvalue weighted by molar-refractivity contribution is 5.97. The van der Waals surface area contributed by atoms with Crippen LogP contribution in [0.25, 0.3) is 10.9 Å². The largest absolute Gasteiger partial charge is 0.481 e. The monoisotopic (exact) mass is 636 g/mol. The molecule has 0 spiro atoms. The summed E-state index contributed by atoms with van der Waals surface area (Å²) in [5.74, 6) is -6.86. The van der Waals surface area contributed by atoms with Crippen LogP contribution in [0.2, 0.25) is 0 Å². The first-order valence-corrected chi connectivity index (χ1v) is 14.4. The van der Waals surface area contributed by atoms with E-state index in [0.29, 0.717) is 11.1 Å². The second-order valence-electron chi connectivity index (χ2n) is 10.6. The molecule has 9 N–H and O–H groups in total. The highest BCUT2D eigenvalue weighted by Gasteiger charge is 2.31. The second kappa shape index (κ2) is 16.4. The highest BCUT2D eigenvalue weighted by atomic mass is 16.4. The Hall–Kier alpha value is -5.73. The summed E-state index contributed by atoms with van der Waals surface area (Å²) in [6, 6.07) is 10.5. The Morgan fingerprint density at radius 3 is 2.00 bits per heavy atom. The third-order valence-electron chi connectivity index (χ3n) is 7.02. The molecule has 5 amide bonds. The molecule has 0 bridgehead atoms. The van der Waals surface area contributed by atoms with Crippen LogP contribution in [0.4, 0.5) is 0 Å². The molecule has 0 aliphatic carbocycles. The number of nitrogens with two attached hydrogens (primary N) is 1. The van der Waals surface area contributed by atoms with E-state index in [4.69, 9.17) is 10.8 Å². The van der Waals surface area contributed by atoms with Crippen LogP contribution in [0, 0.1) is 0 Å². The summed E-state index contributed by atoms with van der Waals surface area (Å²) in [6.07, 6.45) is 0.00232. The Bertz CT molecular complexity index is 1590. The lowest BCUT2D eigenvalue weighted by molar-refractivity contribution is -0.141. The number of carbonyl (C=O) groups excluding carboxylic acids is 5. The van der Waals surface area contributed by atoms with Crippen LogP contribution < -0.4 is 27.0 Å². The van der Waals surface area contributed by atoms with Gasteiger partial charge in [0.2, 0.25) is 29.5 Å². The van der Waals surface area contributed by atoms with Crippen molar-refractivity contribution in [3.05, 3.63) is 71.9 Å². The van der Waals surface area contributed by atoms with Gasteiger partial charge in [-0.1, -0.05) is 48.5 Å². The van der Waals surface area contributed by atoms with Crippen LogP contribution in [-0.2, 0) is 46.4 Å². The zero-order chi connectivity index (χ0) is 33.8. The number of carboxylic acid groups (broad SMARTS) is 2. The molecule has 3 aromatic rings. The Kier molecular flexibility index (Phi) is 12.4. The fraction of sp³-hybridized carbons (Fsp3) is 0.323. The molecule has 0 fully saturated rings. The number of rotatable bonds is 17. The molecule has 244 valence electrons. The maximum Gasteiger partial charge on any atom is 0.305 e. The van der Waals surface area contributed by atoms with E-state index in [2.05, 4.69) is 26.3 Å². The zero-order valence-corrected chi connectivity index (χ0v) is 24.9. The third-order valence-corrected chi connectivity index (χ3v) is 7.02. The predicted molar refractivity (Wildman–Crippen MR) is 164 cm³/mol. The summed E-state index contributed by atoms with van der Waals surface area (Å²) in [7, 11) is 0. The third kappa shape index (κ3) is 10.5. The molecule has 3 rings (SSSR count).